The molecule has 0 radical (unpaired) electrons. The predicted octanol–water partition coefficient (Wildman–Crippen LogP) is 3.01. The number of rotatable bonds is 6. The lowest BCUT2D eigenvalue weighted by molar-refractivity contribution is -0.143. The van der Waals surface area contributed by atoms with Gasteiger partial charge in [0.1, 0.15) is 0 Å². The Hall–Kier alpha value is -3.49. The highest BCUT2D eigenvalue weighted by atomic mass is 16.5. The van der Waals surface area contributed by atoms with E-state index in [0.29, 0.717) is 29.1 Å². The zero-order valence-electron chi connectivity index (χ0n) is 20.0. The number of nitrogens with one attached hydrogen (secondary N) is 2. The Labute approximate surface area is 203 Å². The molecule has 4 saturated carbocycles. The second-order valence-electron chi connectivity index (χ2n) is 10.4. The first-order valence-corrected chi connectivity index (χ1v) is 12.2. The van der Waals surface area contributed by atoms with Gasteiger partial charge < -0.3 is 10.1 Å². The SMILES string of the molecule is Cc1nn(-c2ccccc2)c(C)c1C(=O)C(=O)OCC(=O)NC(=O)NC12CC3CC(CC(C3)C1)C2. The van der Waals surface area contributed by atoms with Gasteiger partial charge in [0.05, 0.1) is 22.6 Å². The highest BCUT2D eigenvalue weighted by Gasteiger charge is 2.51. The van der Waals surface area contributed by atoms with Crippen LogP contribution in [0.25, 0.3) is 5.69 Å². The second kappa shape index (κ2) is 8.94. The molecular formula is C26H30N4O5. The third kappa shape index (κ3) is 4.59. The molecule has 0 unspecified atom stereocenters. The molecule has 0 saturated heterocycles. The van der Waals surface area contributed by atoms with E-state index in [1.807, 2.05) is 30.3 Å². The molecule has 4 fully saturated rings. The van der Waals surface area contributed by atoms with Gasteiger partial charge in [-0.2, -0.15) is 5.10 Å². The monoisotopic (exact) mass is 478 g/mol. The topological polar surface area (TPSA) is 119 Å². The number of hydrogen-bond donors (Lipinski definition) is 2. The van der Waals surface area contributed by atoms with E-state index in [9.17, 15) is 19.2 Å². The van der Waals surface area contributed by atoms with Gasteiger partial charge in [-0.3, -0.25) is 14.9 Å². The molecule has 6 rings (SSSR count). The van der Waals surface area contributed by atoms with Crippen molar-refractivity contribution in [2.24, 2.45) is 17.8 Å². The first kappa shape index (κ1) is 23.3. The van der Waals surface area contributed by atoms with Crippen LogP contribution in [0.2, 0.25) is 0 Å². The zero-order valence-corrected chi connectivity index (χ0v) is 20.0. The fourth-order valence-corrected chi connectivity index (χ4v) is 6.79. The maximum absolute atomic E-state index is 12.7. The number of amides is 3. The van der Waals surface area contributed by atoms with E-state index in [1.54, 1.807) is 18.5 Å². The summed E-state index contributed by atoms with van der Waals surface area (Å²) in [7, 11) is 0. The smallest absolute Gasteiger partial charge is 0.380 e. The van der Waals surface area contributed by atoms with E-state index in [4.69, 9.17) is 4.74 Å². The molecule has 2 N–H and O–H groups in total. The first-order chi connectivity index (χ1) is 16.7. The number of ether oxygens (including phenoxy) is 1. The van der Waals surface area contributed by atoms with Crippen LogP contribution in [0, 0.1) is 31.6 Å². The van der Waals surface area contributed by atoms with Gasteiger partial charge in [-0.05, 0) is 82.3 Å². The van der Waals surface area contributed by atoms with E-state index in [0.717, 1.165) is 24.9 Å². The van der Waals surface area contributed by atoms with Crippen LogP contribution >= 0.6 is 0 Å². The zero-order chi connectivity index (χ0) is 24.7. The summed E-state index contributed by atoms with van der Waals surface area (Å²) in [5.74, 6) is -0.859. The van der Waals surface area contributed by atoms with E-state index in [2.05, 4.69) is 15.7 Å². The van der Waals surface area contributed by atoms with Crippen molar-refractivity contribution in [3.8, 4) is 5.69 Å². The lowest BCUT2D eigenvalue weighted by Crippen LogP contribution is -2.62. The molecule has 1 heterocycles. The lowest BCUT2D eigenvalue weighted by Gasteiger charge is -2.56. The van der Waals surface area contributed by atoms with Crippen molar-refractivity contribution >= 4 is 23.7 Å². The van der Waals surface area contributed by atoms with Crippen LogP contribution in [-0.4, -0.2) is 45.6 Å². The second-order valence-corrected chi connectivity index (χ2v) is 10.4. The Kier molecular flexibility index (Phi) is 5.94. The molecule has 4 aliphatic carbocycles. The van der Waals surface area contributed by atoms with Gasteiger partial charge >= 0.3 is 12.0 Å². The number of nitrogens with zero attached hydrogens (tertiary/aromatic N) is 2. The average Bonchev–Trinajstić information content (AvgIpc) is 3.09. The molecule has 1 aromatic heterocycles. The number of para-hydroxylation sites is 1. The van der Waals surface area contributed by atoms with E-state index >= 15 is 0 Å². The summed E-state index contributed by atoms with van der Waals surface area (Å²) in [5, 5.41) is 9.64. The number of carbonyl (C=O) groups excluding carboxylic acids is 4. The van der Waals surface area contributed by atoms with Crippen LogP contribution in [0.4, 0.5) is 4.79 Å². The largest absolute Gasteiger partial charge is 0.450 e. The summed E-state index contributed by atoms with van der Waals surface area (Å²) in [6.07, 6.45) is 6.61. The molecule has 9 nitrogen and oxygen atoms in total. The number of ketones is 1. The standard InChI is InChI=1S/C26H30N4O5/c1-15-22(16(2)30(29-15)20-6-4-3-5-7-20)23(32)24(33)35-14-21(31)27-25(34)28-26-11-17-8-18(12-26)10-19(9-17)13-26/h3-7,17-19H,8-14H2,1-2H3,(H2,27,28,31,34). The third-order valence-corrected chi connectivity index (χ3v) is 7.71. The maximum Gasteiger partial charge on any atom is 0.380 e. The Bertz CT molecular complexity index is 1150. The van der Waals surface area contributed by atoms with Crippen LogP contribution in [-0.2, 0) is 14.3 Å². The summed E-state index contributed by atoms with van der Waals surface area (Å²) in [6.45, 7) is 2.60. The van der Waals surface area contributed by atoms with Gasteiger partial charge in [0, 0.05) is 5.54 Å². The highest BCUT2D eigenvalue weighted by Crippen LogP contribution is 2.55. The fourth-order valence-electron chi connectivity index (χ4n) is 6.79. The molecule has 3 amide bonds. The summed E-state index contributed by atoms with van der Waals surface area (Å²) >= 11 is 0. The minimum Gasteiger partial charge on any atom is -0.450 e. The Morgan fingerprint density at radius 2 is 1.60 bits per heavy atom. The molecule has 35 heavy (non-hydrogen) atoms. The van der Waals surface area contributed by atoms with Crippen LogP contribution in [0.3, 0.4) is 0 Å². The Balaban J connectivity index is 1.15. The van der Waals surface area contributed by atoms with Gasteiger partial charge in [-0.25, -0.2) is 14.3 Å². The maximum atomic E-state index is 12.7. The molecule has 1 aromatic carbocycles. The van der Waals surface area contributed by atoms with E-state index in [1.165, 1.54) is 19.3 Å². The number of benzene rings is 1. The quantitative estimate of drug-likeness (QED) is 0.374. The van der Waals surface area contributed by atoms with Crippen molar-refractivity contribution in [1.29, 1.82) is 0 Å². The minimum atomic E-state index is -1.17. The van der Waals surface area contributed by atoms with Crippen molar-refractivity contribution in [3.05, 3.63) is 47.3 Å². The molecule has 2 aromatic rings. The van der Waals surface area contributed by atoms with Gasteiger partial charge in [-0.1, -0.05) is 18.2 Å². The van der Waals surface area contributed by atoms with Crippen molar-refractivity contribution in [3.63, 3.8) is 0 Å². The van der Waals surface area contributed by atoms with Gasteiger partial charge in [0.25, 0.3) is 11.7 Å². The van der Waals surface area contributed by atoms with Crippen molar-refractivity contribution in [2.45, 2.75) is 57.9 Å². The number of esters is 1. The normalized spacial score (nSPS) is 26.3. The fraction of sp³-hybridized carbons (Fsp3) is 0.500. The molecule has 0 aliphatic heterocycles. The third-order valence-electron chi connectivity index (χ3n) is 7.71. The van der Waals surface area contributed by atoms with Crippen LogP contribution in [0.15, 0.2) is 30.3 Å². The minimum absolute atomic E-state index is 0.138. The lowest BCUT2D eigenvalue weighted by atomic mass is 9.53. The summed E-state index contributed by atoms with van der Waals surface area (Å²) in [6, 6.07) is 8.66. The van der Waals surface area contributed by atoms with Crippen molar-refractivity contribution in [1.82, 2.24) is 20.4 Å². The molecule has 9 heteroatoms. The molecule has 0 spiro atoms. The number of hydrogen-bond acceptors (Lipinski definition) is 6. The van der Waals surface area contributed by atoms with Gasteiger partial charge in [-0.15, -0.1) is 0 Å². The van der Waals surface area contributed by atoms with E-state index < -0.39 is 30.3 Å². The summed E-state index contributed by atoms with van der Waals surface area (Å²) in [5.41, 5.74) is 1.53. The van der Waals surface area contributed by atoms with Gasteiger partial charge in [0.2, 0.25) is 0 Å². The molecule has 0 atom stereocenters. The summed E-state index contributed by atoms with van der Waals surface area (Å²) in [4.78, 5) is 49.9. The Morgan fingerprint density at radius 3 is 2.20 bits per heavy atom. The van der Waals surface area contributed by atoms with Crippen molar-refractivity contribution in [2.75, 3.05) is 6.61 Å². The van der Waals surface area contributed by atoms with Crippen molar-refractivity contribution < 1.29 is 23.9 Å². The summed E-state index contributed by atoms with van der Waals surface area (Å²) < 4.78 is 6.50. The van der Waals surface area contributed by atoms with Gasteiger partial charge in [0.15, 0.2) is 6.61 Å². The number of urea groups is 1. The van der Waals surface area contributed by atoms with Crippen LogP contribution < -0.4 is 10.6 Å². The average molecular weight is 479 g/mol. The van der Waals surface area contributed by atoms with Crippen LogP contribution in [0.1, 0.15) is 60.3 Å². The van der Waals surface area contributed by atoms with Crippen LogP contribution in [0.5, 0.6) is 0 Å². The molecule has 4 bridgehead atoms. The molecule has 4 aliphatic rings. The molecule has 184 valence electrons. The molecular weight excluding hydrogens is 448 g/mol. The number of imide groups is 1. The number of Topliss-reactive ketones (excluding diaryl/α,β-unsaturated/α-hetero) is 1. The Morgan fingerprint density at radius 1 is 1.00 bits per heavy atom. The van der Waals surface area contributed by atoms with E-state index in [-0.39, 0.29) is 11.1 Å². The first-order valence-electron chi connectivity index (χ1n) is 12.2. The number of aromatic nitrogens is 2. The predicted molar refractivity (Wildman–Crippen MR) is 126 cm³/mol. The number of aryl methyl sites for hydroxylation is 1. The highest BCUT2D eigenvalue weighted by molar-refractivity contribution is 6.41. The number of carbonyl (C=O) groups is 4.